The van der Waals surface area contributed by atoms with Crippen molar-refractivity contribution in [2.24, 2.45) is 0 Å². The van der Waals surface area contributed by atoms with E-state index in [0.717, 1.165) is 17.0 Å². The lowest BCUT2D eigenvalue weighted by molar-refractivity contribution is -0.885. The van der Waals surface area contributed by atoms with E-state index in [0.29, 0.717) is 5.76 Å². The molecule has 3 N–H and O–H groups in total. The molecular weight excluding hydrogens is 326 g/mol. The van der Waals surface area contributed by atoms with E-state index in [1.165, 1.54) is 11.2 Å². The first-order chi connectivity index (χ1) is 11.6. The second-order valence-electron chi connectivity index (χ2n) is 5.47. The fourth-order valence-corrected chi connectivity index (χ4v) is 2.63. The summed E-state index contributed by atoms with van der Waals surface area (Å²) in [6.07, 6.45) is 3.57. The number of carbonyl (C=O) groups excluding carboxylic acids is 2. The van der Waals surface area contributed by atoms with Gasteiger partial charge in [-0.25, -0.2) is 4.79 Å². The molecule has 0 saturated heterocycles. The maximum atomic E-state index is 11.9. The predicted molar refractivity (Wildman–Crippen MR) is 92.8 cm³/mol. The van der Waals surface area contributed by atoms with E-state index < -0.39 is 6.03 Å². The quantitative estimate of drug-likeness (QED) is 0.654. The zero-order valence-corrected chi connectivity index (χ0v) is 14.6. The third-order valence-corrected chi connectivity index (χ3v) is 4.13. The highest BCUT2D eigenvalue weighted by molar-refractivity contribution is 7.98. The number of carbonyl (C=O) groups is 2. The zero-order chi connectivity index (χ0) is 17.4. The van der Waals surface area contributed by atoms with Gasteiger partial charge >= 0.3 is 6.03 Å². The van der Waals surface area contributed by atoms with Crippen molar-refractivity contribution in [2.45, 2.75) is 18.0 Å². The van der Waals surface area contributed by atoms with Crippen LogP contribution in [0.15, 0.2) is 52.0 Å². The number of thioether (sulfide) groups is 1. The number of rotatable bonds is 7. The summed E-state index contributed by atoms with van der Waals surface area (Å²) in [5.74, 6) is 0.319. The van der Waals surface area contributed by atoms with Gasteiger partial charge in [0.25, 0.3) is 5.91 Å². The highest BCUT2D eigenvalue weighted by atomic mass is 32.2. The summed E-state index contributed by atoms with van der Waals surface area (Å²) < 4.78 is 5.10. The molecule has 0 aliphatic rings. The number of nitrogens with one attached hydrogen (secondary N) is 3. The summed E-state index contributed by atoms with van der Waals surface area (Å²) in [4.78, 5) is 25.8. The number of urea groups is 1. The fraction of sp³-hybridized carbons (Fsp3) is 0.294. The minimum absolute atomic E-state index is 0.221. The molecule has 3 amide bonds. The number of hydrogen-bond donors (Lipinski definition) is 3. The number of imide groups is 1. The summed E-state index contributed by atoms with van der Waals surface area (Å²) in [6, 6.07) is 11.2. The smallest absolute Gasteiger partial charge is 0.321 e. The maximum Gasteiger partial charge on any atom is 0.321 e. The van der Waals surface area contributed by atoms with Crippen molar-refractivity contribution in [3.05, 3.63) is 54.0 Å². The van der Waals surface area contributed by atoms with Crippen LogP contribution < -0.4 is 15.5 Å². The lowest BCUT2D eigenvalue weighted by Gasteiger charge is -2.14. The van der Waals surface area contributed by atoms with Crippen LogP contribution in [-0.4, -0.2) is 31.8 Å². The van der Waals surface area contributed by atoms with Gasteiger partial charge < -0.3 is 14.6 Å². The van der Waals surface area contributed by atoms with Gasteiger partial charge in [-0.05, 0) is 30.5 Å². The van der Waals surface area contributed by atoms with E-state index >= 15 is 0 Å². The summed E-state index contributed by atoms with van der Waals surface area (Å²) >= 11 is 1.70. The Kier molecular flexibility index (Phi) is 6.89. The fourth-order valence-electron chi connectivity index (χ4n) is 2.22. The minimum atomic E-state index is -0.520. The topological polar surface area (TPSA) is 75.8 Å². The van der Waals surface area contributed by atoms with E-state index in [2.05, 4.69) is 34.9 Å². The average Bonchev–Trinajstić information content (AvgIpc) is 3.07. The van der Waals surface area contributed by atoms with E-state index in [4.69, 9.17) is 4.42 Å². The third-order valence-electron chi connectivity index (χ3n) is 3.38. The van der Waals surface area contributed by atoms with Crippen LogP contribution in [0.25, 0.3) is 0 Å². The predicted octanol–water partition coefficient (Wildman–Crippen LogP) is 1.04. The van der Waals surface area contributed by atoms with E-state index in [1.54, 1.807) is 23.9 Å². The van der Waals surface area contributed by atoms with Crippen molar-refractivity contribution in [1.29, 1.82) is 0 Å². The van der Waals surface area contributed by atoms with Crippen LogP contribution in [0.5, 0.6) is 0 Å². The summed E-state index contributed by atoms with van der Waals surface area (Å²) in [6.45, 7) is 1.19. The molecule has 0 spiro atoms. The second kappa shape index (κ2) is 9.14. The first-order valence-electron chi connectivity index (χ1n) is 7.61. The molecule has 0 radical (unpaired) electrons. The molecule has 2 aromatic rings. The van der Waals surface area contributed by atoms with Gasteiger partial charge in [-0.1, -0.05) is 12.1 Å². The van der Waals surface area contributed by atoms with E-state index in [-0.39, 0.29) is 19.0 Å². The highest BCUT2D eigenvalue weighted by Crippen LogP contribution is 2.14. The molecule has 24 heavy (non-hydrogen) atoms. The van der Waals surface area contributed by atoms with Crippen molar-refractivity contribution in [3.63, 3.8) is 0 Å². The largest absolute Gasteiger partial charge is 0.467 e. The molecule has 0 aliphatic heterocycles. The molecule has 0 fully saturated rings. The Morgan fingerprint density at radius 1 is 1.21 bits per heavy atom. The molecule has 1 heterocycles. The number of quaternary nitrogens is 1. The van der Waals surface area contributed by atoms with Gasteiger partial charge in [0.1, 0.15) is 12.3 Å². The molecule has 2 rings (SSSR count). The molecule has 1 aromatic carbocycles. The van der Waals surface area contributed by atoms with Crippen LogP contribution in [0, 0.1) is 0 Å². The van der Waals surface area contributed by atoms with Gasteiger partial charge in [0.2, 0.25) is 0 Å². The first-order valence-corrected chi connectivity index (χ1v) is 8.83. The van der Waals surface area contributed by atoms with Crippen LogP contribution >= 0.6 is 11.8 Å². The van der Waals surface area contributed by atoms with E-state index in [9.17, 15) is 9.59 Å². The van der Waals surface area contributed by atoms with Crippen molar-refractivity contribution in [3.8, 4) is 0 Å². The maximum absolute atomic E-state index is 11.9. The number of furan rings is 1. The monoisotopic (exact) mass is 348 g/mol. The summed E-state index contributed by atoms with van der Waals surface area (Å²) in [5, 5.41) is 4.90. The molecule has 0 saturated carbocycles. The number of likely N-dealkylation sites (N-methyl/N-ethyl adjacent to an activating group) is 1. The Balaban J connectivity index is 1.71. The lowest BCUT2D eigenvalue weighted by Crippen LogP contribution is -3.09. The molecule has 1 unspecified atom stereocenters. The van der Waals surface area contributed by atoms with E-state index in [1.807, 2.05) is 13.3 Å². The van der Waals surface area contributed by atoms with Crippen LogP contribution in [0.2, 0.25) is 0 Å². The van der Waals surface area contributed by atoms with Crippen molar-refractivity contribution in [1.82, 2.24) is 10.6 Å². The van der Waals surface area contributed by atoms with Crippen LogP contribution in [0.3, 0.4) is 0 Å². The Labute approximate surface area is 145 Å². The van der Waals surface area contributed by atoms with Gasteiger partial charge in [0.15, 0.2) is 6.54 Å². The molecule has 7 heteroatoms. The summed E-state index contributed by atoms with van der Waals surface area (Å²) in [5.41, 5.74) is 1.15. The van der Waals surface area contributed by atoms with Crippen LogP contribution in [0.1, 0.15) is 11.3 Å². The van der Waals surface area contributed by atoms with Gasteiger partial charge in [0.05, 0.1) is 19.9 Å². The Bertz CT molecular complexity index is 656. The molecule has 0 aliphatic carbocycles. The molecule has 128 valence electrons. The number of benzene rings is 1. The lowest BCUT2D eigenvalue weighted by atomic mass is 10.2. The normalized spacial score (nSPS) is 11.8. The Morgan fingerprint density at radius 2 is 1.96 bits per heavy atom. The second-order valence-corrected chi connectivity index (χ2v) is 6.35. The van der Waals surface area contributed by atoms with Crippen molar-refractivity contribution >= 4 is 23.7 Å². The van der Waals surface area contributed by atoms with Gasteiger partial charge in [-0.3, -0.25) is 10.1 Å². The molecule has 6 nitrogen and oxygen atoms in total. The molecule has 1 atom stereocenters. The van der Waals surface area contributed by atoms with Gasteiger partial charge in [-0.15, -0.1) is 11.8 Å². The standard InChI is InChI=1S/C17H21N3O3S/c1-20(11-13-5-7-15(24-2)8-6-13)12-16(21)19-17(22)18-10-14-4-3-9-23-14/h3-9H,10-12H2,1-2H3,(H2,18,19,21,22)/p+1. The van der Waals surface area contributed by atoms with Crippen molar-refractivity contribution < 1.29 is 18.9 Å². The number of hydrogen-bond acceptors (Lipinski definition) is 4. The van der Waals surface area contributed by atoms with Crippen LogP contribution in [0.4, 0.5) is 4.79 Å². The molecule has 0 bridgehead atoms. The zero-order valence-electron chi connectivity index (χ0n) is 13.8. The van der Waals surface area contributed by atoms with Crippen molar-refractivity contribution in [2.75, 3.05) is 19.8 Å². The molecule has 1 aromatic heterocycles. The third kappa shape index (κ3) is 6.10. The highest BCUT2D eigenvalue weighted by Gasteiger charge is 2.13. The number of amides is 3. The minimum Gasteiger partial charge on any atom is -0.467 e. The Hall–Kier alpha value is -2.25. The SMILES string of the molecule is CSc1ccc(C[NH+](C)CC(=O)NC(=O)NCc2ccco2)cc1. The first kappa shape index (κ1) is 18.1. The average molecular weight is 348 g/mol. The Morgan fingerprint density at radius 3 is 2.58 bits per heavy atom. The van der Waals surface area contributed by atoms with Gasteiger partial charge in [-0.2, -0.15) is 0 Å². The van der Waals surface area contributed by atoms with Gasteiger partial charge in [0, 0.05) is 10.5 Å². The molecular formula is C17H22N3O3S+. The van der Waals surface area contributed by atoms with Crippen LogP contribution in [-0.2, 0) is 17.9 Å². The summed E-state index contributed by atoms with van der Waals surface area (Å²) in [7, 11) is 1.92.